The molecule has 1 rings (SSSR count). The van der Waals surface area contributed by atoms with Crippen molar-refractivity contribution < 1.29 is 5.11 Å². The summed E-state index contributed by atoms with van der Waals surface area (Å²) in [5.41, 5.74) is 2.57. The van der Waals surface area contributed by atoms with Crippen LogP contribution in [0, 0.1) is 30.6 Å². The molecule has 1 aromatic heterocycles. The molecule has 0 saturated carbocycles. The first-order valence-electron chi connectivity index (χ1n) is 5.96. The average Bonchev–Trinajstić information content (AvgIpc) is 2.54. The number of nitrogens with zero attached hydrogens (tertiary/aromatic N) is 3. The highest BCUT2D eigenvalue weighted by Gasteiger charge is 2.16. The molecule has 4 heteroatoms. The molecule has 0 radical (unpaired) electrons. The fourth-order valence-electron chi connectivity index (χ4n) is 1.91. The number of rotatable bonds is 5. The monoisotopic (exact) mass is 235 g/mol. The molecule has 0 saturated heterocycles. The van der Waals surface area contributed by atoms with Gasteiger partial charge in [-0.05, 0) is 40.5 Å². The van der Waals surface area contributed by atoms with E-state index in [1.807, 2.05) is 32.4 Å². The van der Waals surface area contributed by atoms with Gasteiger partial charge in [0.2, 0.25) is 0 Å². The zero-order valence-electron chi connectivity index (χ0n) is 11.1. The number of nitriles is 1. The normalized spacial score (nSPS) is 11.5. The number of hydrogen-bond donors (Lipinski definition) is 1. The zero-order chi connectivity index (χ0) is 13.1. The molecule has 0 bridgehead atoms. The number of aliphatic hydroxyl groups is 1. The van der Waals surface area contributed by atoms with E-state index in [1.165, 1.54) is 0 Å². The van der Waals surface area contributed by atoms with Crippen LogP contribution < -0.4 is 0 Å². The minimum atomic E-state index is -0.268. The predicted molar refractivity (Wildman–Crippen MR) is 66.3 cm³/mol. The van der Waals surface area contributed by atoms with Crippen LogP contribution in [0.25, 0.3) is 0 Å². The third-order valence-corrected chi connectivity index (χ3v) is 3.16. The first-order valence-corrected chi connectivity index (χ1v) is 5.96. The van der Waals surface area contributed by atoms with Crippen molar-refractivity contribution in [2.45, 2.75) is 53.7 Å². The summed E-state index contributed by atoms with van der Waals surface area (Å²) in [5.74, 6) is 0. The summed E-state index contributed by atoms with van der Waals surface area (Å²) in [6.45, 7) is 8.63. The molecule has 0 amide bonds. The highest BCUT2D eigenvalue weighted by atomic mass is 16.3. The third-order valence-electron chi connectivity index (χ3n) is 3.16. The Morgan fingerprint density at radius 2 is 2.06 bits per heavy atom. The van der Waals surface area contributed by atoms with E-state index < -0.39 is 0 Å². The van der Waals surface area contributed by atoms with Gasteiger partial charge in [-0.2, -0.15) is 10.4 Å². The van der Waals surface area contributed by atoms with E-state index >= 15 is 0 Å². The molecule has 1 aromatic rings. The fourth-order valence-corrected chi connectivity index (χ4v) is 1.91. The van der Waals surface area contributed by atoms with Crippen molar-refractivity contribution in [3.05, 3.63) is 17.0 Å². The second kappa shape index (κ2) is 5.33. The standard InChI is InChI=1S/C13H21N3O/c1-10-12(8-17)11(2)16(15-10)7-5-6-13(3,4)9-14/h17H,5-8H2,1-4H3. The molecule has 94 valence electrons. The minimum absolute atomic E-state index is 0.0430. The van der Waals surface area contributed by atoms with Gasteiger partial charge in [-0.25, -0.2) is 0 Å². The molecule has 4 nitrogen and oxygen atoms in total. The van der Waals surface area contributed by atoms with Crippen LogP contribution in [0.3, 0.4) is 0 Å². The lowest BCUT2D eigenvalue weighted by Gasteiger charge is -2.14. The van der Waals surface area contributed by atoms with Crippen LogP contribution in [-0.2, 0) is 13.2 Å². The largest absolute Gasteiger partial charge is 0.392 e. The van der Waals surface area contributed by atoms with Crippen LogP contribution in [0.5, 0.6) is 0 Å². The van der Waals surface area contributed by atoms with Crippen molar-refractivity contribution in [1.29, 1.82) is 5.26 Å². The molecule has 0 aliphatic carbocycles. The SMILES string of the molecule is Cc1nn(CCCC(C)(C)C#N)c(C)c1CO. The molecule has 0 atom stereocenters. The van der Waals surface area contributed by atoms with Gasteiger partial charge < -0.3 is 5.11 Å². The minimum Gasteiger partial charge on any atom is -0.392 e. The Morgan fingerprint density at radius 1 is 1.41 bits per heavy atom. The Hall–Kier alpha value is -1.34. The fraction of sp³-hybridized carbons (Fsp3) is 0.692. The van der Waals surface area contributed by atoms with E-state index in [4.69, 9.17) is 5.26 Å². The van der Waals surface area contributed by atoms with E-state index in [1.54, 1.807) is 0 Å². The lowest BCUT2D eigenvalue weighted by atomic mass is 9.90. The van der Waals surface area contributed by atoms with Gasteiger partial charge in [0.05, 0.1) is 23.8 Å². The van der Waals surface area contributed by atoms with E-state index in [0.29, 0.717) is 0 Å². The Labute approximate surface area is 103 Å². The predicted octanol–water partition coefficient (Wildman–Crippen LogP) is 2.32. The Bertz CT molecular complexity index is 427. The lowest BCUT2D eigenvalue weighted by Crippen LogP contribution is -2.11. The van der Waals surface area contributed by atoms with E-state index in [2.05, 4.69) is 11.2 Å². The van der Waals surface area contributed by atoms with Crippen LogP contribution in [0.4, 0.5) is 0 Å². The smallest absolute Gasteiger partial charge is 0.0718 e. The van der Waals surface area contributed by atoms with E-state index in [9.17, 15) is 5.11 Å². The Morgan fingerprint density at radius 3 is 2.53 bits per heavy atom. The molecule has 1 N–H and O–H groups in total. The second-order valence-electron chi connectivity index (χ2n) is 5.13. The van der Waals surface area contributed by atoms with Crippen molar-refractivity contribution in [3.63, 3.8) is 0 Å². The maximum atomic E-state index is 9.21. The van der Waals surface area contributed by atoms with Crippen LogP contribution >= 0.6 is 0 Å². The third kappa shape index (κ3) is 3.31. The summed E-state index contributed by atoms with van der Waals surface area (Å²) in [6, 6.07) is 2.30. The summed E-state index contributed by atoms with van der Waals surface area (Å²) < 4.78 is 1.92. The Kier molecular flexibility index (Phi) is 4.30. The van der Waals surface area contributed by atoms with Gasteiger partial charge >= 0.3 is 0 Å². The van der Waals surface area contributed by atoms with Crippen LogP contribution in [0.1, 0.15) is 43.6 Å². The molecule has 0 unspecified atom stereocenters. The molecular formula is C13H21N3O. The summed E-state index contributed by atoms with van der Waals surface area (Å²) in [4.78, 5) is 0. The van der Waals surface area contributed by atoms with Gasteiger partial charge in [-0.15, -0.1) is 0 Å². The van der Waals surface area contributed by atoms with Gasteiger partial charge in [-0.3, -0.25) is 4.68 Å². The molecular weight excluding hydrogens is 214 g/mol. The van der Waals surface area contributed by atoms with E-state index in [0.717, 1.165) is 36.3 Å². The first kappa shape index (κ1) is 13.7. The molecule has 0 spiro atoms. The van der Waals surface area contributed by atoms with Crippen LogP contribution in [0.2, 0.25) is 0 Å². The van der Waals surface area contributed by atoms with Gasteiger partial charge in [0.25, 0.3) is 0 Å². The number of aliphatic hydroxyl groups excluding tert-OH is 1. The molecule has 17 heavy (non-hydrogen) atoms. The topological polar surface area (TPSA) is 61.8 Å². The highest BCUT2D eigenvalue weighted by Crippen LogP contribution is 2.21. The van der Waals surface area contributed by atoms with Crippen molar-refractivity contribution in [1.82, 2.24) is 9.78 Å². The van der Waals surface area contributed by atoms with Crippen LogP contribution in [-0.4, -0.2) is 14.9 Å². The van der Waals surface area contributed by atoms with Gasteiger partial charge in [-0.1, -0.05) is 0 Å². The summed E-state index contributed by atoms with van der Waals surface area (Å²) >= 11 is 0. The molecule has 0 fully saturated rings. The molecule has 0 aliphatic heterocycles. The summed E-state index contributed by atoms with van der Waals surface area (Å²) in [7, 11) is 0. The van der Waals surface area contributed by atoms with Gasteiger partial charge in [0, 0.05) is 17.8 Å². The maximum absolute atomic E-state index is 9.21. The number of aryl methyl sites for hydroxylation is 2. The number of hydrogen-bond acceptors (Lipinski definition) is 3. The Balaban J connectivity index is 2.62. The van der Waals surface area contributed by atoms with E-state index in [-0.39, 0.29) is 12.0 Å². The van der Waals surface area contributed by atoms with Crippen molar-refractivity contribution in [3.8, 4) is 6.07 Å². The van der Waals surface area contributed by atoms with Crippen molar-refractivity contribution >= 4 is 0 Å². The van der Waals surface area contributed by atoms with Gasteiger partial charge in [0.15, 0.2) is 0 Å². The van der Waals surface area contributed by atoms with Crippen molar-refractivity contribution in [2.75, 3.05) is 0 Å². The van der Waals surface area contributed by atoms with Gasteiger partial charge in [0.1, 0.15) is 0 Å². The second-order valence-corrected chi connectivity index (χ2v) is 5.13. The quantitative estimate of drug-likeness (QED) is 0.852. The van der Waals surface area contributed by atoms with Crippen molar-refractivity contribution in [2.24, 2.45) is 5.41 Å². The first-order chi connectivity index (χ1) is 7.91. The molecule has 1 heterocycles. The zero-order valence-corrected chi connectivity index (χ0v) is 11.1. The average molecular weight is 235 g/mol. The maximum Gasteiger partial charge on any atom is 0.0718 e. The summed E-state index contributed by atoms with van der Waals surface area (Å²) in [5, 5.41) is 22.5. The summed E-state index contributed by atoms with van der Waals surface area (Å²) in [6.07, 6.45) is 1.78. The highest BCUT2D eigenvalue weighted by molar-refractivity contribution is 5.23. The molecule has 0 aliphatic rings. The number of aromatic nitrogens is 2. The molecule has 0 aromatic carbocycles. The van der Waals surface area contributed by atoms with Crippen LogP contribution in [0.15, 0.2) is 0 Å². The lowest BCUT2D eigenvalue weighted by molar-refractivity contribution is 0.280.